The monoisotopic (exact) mass is 295 g/mol. The number of hydrogen-bond donors (Lipinski definition) is 1. The van der Waals surface area contributed by atoms with Gasteiger partial charge in [0.2, 0.25) is 5.91 Å². The van der Waals surface area contributed by atoms with E-state index in [2.05, 4.69) is 33.4 Å². The Morgan fingerprint density at radius 2 is 2.29 bits per heavy atom. The van der Waals surface area contributed by atoms with Crippen LogP contribution in [0, 0.1) is 0 Å². The van der Waals surface area contributed by atoms with Gasteiger partial charge < -0.3 is 10.1 Å². The fourth-order valence-electron chi connectivity index (χ4n) is 2.73. The van der Waals surface area contributed by atoms with Crippen molar-refractivity contribution in [1.82, 2.24) is 5.32 Å². The average Bonchev–Trinajstić information content (AvgIpc) is 2.25. The van der Waals surface area contributed by atoms with E-state index in [1.807, 2.05) is 13.0 Å². The van der Waals surface area contributed by atoms with Gasteiger partial charge in [-0.25, -0.2) is 0 Å². The van der Waals surface area contributed by atoms with Gasteiger partial charge in [-0.3, -0.25) is 4.79 Å². The lowest BCUT2D eigenvalue weighted by Crippen LogP contribution is -2.63. The van der Waals surface area contributed by atoms with Crippen molar-refractivity contribution in [2.24, 2.45) is 0 Å². The van der Waals surface area contributed by atoms with E-state index < -0.39 is 0 Å². The molecule has 0 aromatic heterocycles. The van der Waals surface area contributed by atoms with Gasteiger partial charge in [-0.15, -0.1) is 0 Å². The van der Waals surface area contributed by atoms with E-state index >= 15 is 0 Å². The van der Waals surface area contributed by atoms with Crippen molar-refractivity contribution in [2.75, 3.05) is 13.2 Å². The van der Waals surface area contributed by atoms with Crippen LogP contribution in [0.4, 0.5) is 0 Å². The van der Waals surface area contributed by atoms with Gasteiger partial charge in [-0.05, 0) is 29.7 Å². The summed E-state index contributed by atoms with van der Waals surface area (Å²) in [6.07, 6.45) is 0.826. The summed E-state index contributed by atoms with van der Waals surface area (Å²) in [4.78, 5) is 12.1. The first-order valence-corrected chi connectivity index (χ1v) is 6.65. The van der Waals surface area contributed by atoms with E-state index in [9.17, 15) is 4.79 Å². The van der Waals surface area contributed by atoms with Crippen LogP contribution < -0.4 is 5.32 Å². The molecular weight excluding hydrogens is 282 g/mol. The molecule has 3 rings (SSSR count). The fourth-order valence-corrected chi connectivity index (χ4v) is 3.11. The molecule has 2 aliphatic rings. The number of carbonyl (C=O) groups is 1. The quantitative estimate of drug-likeness (QED) is 0.863. The first-order chi connectivity index (χ1) is 8.16. The Hall–Kier alpha value is -0.870. The number of nitrogens with one attached hydrogen (secondary N) is 1. The zero-order valence-electron chi connectivity index (χ0n) is 9.63. The zero-order valence-corrected chi connectivity index (χ0v) is 11.2. The van der Waals surface area contributed by atoms with Crippen molar-refractivity contribution in [3.8, 4) is 0 Å². The molecule has 2 aliphatic heterocycles. The number of rotatable bonds is 1. The Morgan fingerprint density at radius 1 is 1.53 bits per heavy atom. The van der Waals surface area contributed by atoms with Crippen LogP contribution in [-0.4, -0.2) is 19.1 Å². The molecule has 0 saturated carbocycles. The molecule has 1 N–H and O–H groups in total. The molecule has 1 unspecified atom stereocenters. The zero-order chi connectivity index (χ0) is 12.0. The van der Waals surface area contributed by atoms with Crippen LogP contribution in [0.1, 0.15) is 30.4 Å². The van der Waals surface area contributed by atoms with E-state index in [1.165, 1.54) is 5.56 Å². The molecule has 2 heterocycles. The van der Waals surface area contributed by atoms with Gasteiger partial charge in [0.1, 0.15) is 5.54 Å². The predicted molar refractivity (Wildman–Crippen MR) is 67.8 cm³/mol. The lowest BCUT2D eigenvalue weighted by molar-refractivity contribution is -0.138. The van der Waals surface area contributed by atoms with Gasteiger partial charge in [0.25, 0.3) is 0 Å². The second kappa shape index (κ2) is 3.82. The molecule has 1 amide bonds. The van der Waals surface area contributed by atoms with Gasteiger partial charge in [0, 0.05) is 4.47 Å². The summed E-state index contributed by atoms with van der Waals surface area (Å²) in [5, 5.41) is 3.13. The van der Waals surface area contributed by atoms with E-state index in [1.54, 1.807) is 0 Å². The second-order valence-corrected chi connectivity index (χ2v) is 5.67. The van der Waals surface area contributed by atoms with Crippen LogP contribution in [-0.2, 0) is 15.1 Å². The number of carbonyl (C=O) groups excluding carboxylic acids is 1. The van der Waals surface area contributed by atoms with E-state index in [-0.39, 0.29) is 17.4 Å². The Bertz CT molecular complexity index is 482. The molecule has 1 spiro atoms. The molecule has 0 bridgehead atoms. The molecule has 17 heavy (non-hydrogen) atoms. The van der Waals surface area contributed by atoms with Crippen LogP contribution in [0.15, 0.2) is 22.7 Å². The van der Waals surface area contributed by atoms with Gasteiger partial charge in [-0.2, -0.15) is 0 Å². The maximum Gasteiger partial charge on any atom is 0.228 e. The first kappa shape index (κ1) is 11.2. The second-order valence-electron chi connectivity index (χ2n) is 4.76. The number of fused-ring (bicyclic) bond motifs is 2. The smallest absolute Gasteiger partial charge is 0.228 e. The fraction of sp³-hybridized carbons (Fsp3) is 0.462. The minimum atomic E-state index is -0.265. The molecule has 3 nitrogen and oxygen atoms in total. The van der Waals surface area contributed by atoms with Gasteiger partial charge in [-0.1, -0.05) is 28.9 Å². The predicted octanol–water partition coefficient (Wildman–Crippen LogP) is 2.30. The third-order valence-electron chi connectivity index (χ3n) is 3.69. The summed E-state index contributed by atoms with van der Waals surface area (Å²) in [7, 11) is 0. The number of benzene rings is 1. The van der Waals surface area contributed by atoms with Crippen LogP contribution in [0.5, 0.6) is 0 Å². The Labute approximate surface area is 109 Å². The standard InChI is InChI=1S/C13H14BrNO2/c1-2-9-10-5-8(14)3-4-11(10)13(6-17-7-13)15-12(9)16/h3-5,9H,2,6-7H2,1H3,(H,15,16). The van der Waals surface area contributed by atoms with E-state index in [4.69, 9.17) is 4.74 Å². The molecule has 0 radical (unpaired) electrons. The number of amides is 1. The van der Waals surface area contributed by atoms with Crippen molar-refractivity contribution in [3.63, 3.8) is 0 Å². The molecule has 1 saturated heterocycles. The summed E-state index contributed by atoms with van der Waals surface area (Å²) in [5.41, 5.74) is 2.10. The van der Waals surface area contributed by atoms with Crippen molar-refractivity contribution in [3.05, 3.63) is 33.8 Å². The normalized spacial score (nSPS) is 25.1. The first-order valence-electron chi connectivity index (χ1n) is 5.86. The Balaban J connectivity index is 2.16. The van der Waals surface area contributed by atoms with Crippen molar-refractivity contribution in [1.29, 1.82) is 0 Å². The third-order valence-corrected chi connectivity index (χ3v) is 4.18. The molecule has 1 aromatic carbocycles. The van der Waals surface area contributed by atoms with Gasteiger partial charge >= 0.3 is 0 Å². The summed E-state index contributed by atoms with van der Waals surface area (Å²) < 4.78 is 6.32. The lowest BCUT2D eigenvalue weighted by atomic mass is 9.76. The molecule has 1 aromatic rings. The molecule has 90 valence electrons. The largest absolute Gasteiger partial charge is 0.376 e. The highest BCUT2D eigenvalue weighted by atomic mass is 79.9. The van der Waals surface area contributed by atoms with Crippen LogP contribution in [0.2, 0.25) is 0 Å². The maximum atomic E-state index is 12.1. The molecule has 1 fully saturated rings. The highest BCUT2D eigenvalue weighted by molar-refractivity contribution is 9.10. The van der Waals surface area contributed by atoms with Crippen molar-refractivity contribution < 1.29 is 9.53 Å². The summed E-state index contributed by atoms with van der Waals surface area (Å²) in [6, 6.07) is 6.20. The summed E-state index contributed by atoms with van der Waals surface area (Å²) in [6.45, 7) is 3.22. The maximum absolute atomic E-state index is 12.1. The van der Waals surface area contributed by atoms with Crippen LogP contribution >= 0.6 is 15.9 Å². The highest BCUT2D eigenvalue weighted by Crippen LogP contribution is 2.41. The molecule has 0 aliphatic carbocycles. The van der Waals surface area contributed by atoms with Crippen molar-refractivity contribution in [2.45, 2.75) is 24.8 Å². The number of ether oxygens (including phenoxy) is 1. The molecular formula is C13H14BrNO2. The number of halogens is 1. The minimum absolute atomic E-state index is 0.0336. The van der Waals surface area contributed by atoms with Gasteiger partial charge in [0.15, 0.2) is 0 Å². The molecule has 4 heteroatoms. The van der Waals surface area contributed by atoms with Crippen molar-refractivity contribution >= 4 is 21.8 Å². The lowest BCUT2D eigenvalue weighted by Gasteiger charge is -2.47. The highest BCUT2D eigenvalue weighted by Gasteiger charge is 2.48. The minimum Gasteiger partial charge on any atom is -0.376 e. The van der Waals surface area contributed by atoms with E-state index in [0.29, 0.717) is 13.2 Å². The number of hydrogen-bond acceptors (Lipinski definition) is 2. The Kier molecular flexibility index (Phi) is 2.52. The topological polar surface area (TPSA) is 38.3 Å². The Morgan fingerprint density at radius 3 is 2.88 bits per heavy atom. The summed E-state index contributed by atoms with van der Waals surface area (Å²) >= 11 is 3.48. The summed E-state index contributed by atoms with van der Waals surface area (Å²) in [5.74, 6) is 0.0927. The molecule has 1 atom stereocenters. The van der Waals surface area contributed by atoms with Gasteiger partial charge in [0.05, 0.1) is 19.1 Å². The third kappa shape index (κ3) is 1.54. The van der Waals surface area contributed by atoms with E-state index in [0.717, 1.165) is 16.5 Å². The SMILES string of the molecule is CCC1C(=O)NC2(COC2)c2ccc(Br)cc21. The van der Waals surface area contributed by atoms with Crippen LogP contribution in [0.25, 0.3) is 0 Å². The van der Waals surface area contributed by atoms with Crippen LogP contribution in [0.3, 0.4) is 0 Å². The average molecular weight is 296 g/mol.